The molecule has 0 fully saturated rings. The number of allylic oxidation sites excluding steroid dienone is 1. The van der Waals surface area contributed by atoms with Crippen LogP contribution < -0.4 is 11.1 Å². The molecule has 1 aliphatic carbocycles. The SMILES string of the molecule is CC1=CC(=NCCNC(C)C)CC(N)C1. The number of nitrogens with zero attached hydrogens (tertiary/aromatic N) is 1. The van der Waals surface area contributed by atoms with Gasteiger partial charge >= 0.3 is 0 Å². The van der Waals surface area contributed by atoms with Crippen molar-refractivity contribution in [1.82, 2.24) is 5.32 Å². The highest BCUT2D eigenvalue weighted by Gasteiger charge is 2.12. The van der Waals surface area contributed by atoms with Crippen LogP contribution in [0, 0.1) is 0 Å². The monoisotopic (exact) mass is 209 g/mol. The van der Waals surface area contributed by atoms with Crippen LogP contribution in [-0.2, 0) is 0 Å². The van der Waals surface area contributed by atoms with Gasteiger partial charge in [0.25, 0.3) is 0 Å². The highest BCUT2D eigenvalue weighted by atomic mass is 14.9. The first-order valence-corrected chi connectivity index (χ1v) is 5.77. The van der Waals surface area contributed by atoms with Crippen molar-refractivity contribution in [1.29, 1.82) is 0 Å². The van der Waals surface area contributed by atoms with Crippen LogP contribution in [0.4, 0.5) is 0 Å². The summed E-state index contributed by atoms with van der Waals surface area (Å²) < 4.78 is 0. The molecule has 3 N–H and O–H groups in total. The number of nitrogens with two attached hydrogens (primary N) is 1. The first-order valence-electron chi connectivity index (χ1n) is 5.77. The molecular weight excluding hydrogens is 186 g/mol. The average molecular weight is 209 g/mol. The minimum Gasteiger partial charge on any atom is -0.327 e. The molecule has 0 saturated carbocycles. The van der Waals surface area contributed by atoms with Gasteiger partial charge in [-0.2, -0.15) is 0 Å². The summed E-state index contributed by atoms with van der Waals surface area (Å²) in [5.41, 5.74) is 8.45. The topological polar surface area (TPSA) is 50.4 Å². The number of rotatable bonds is 4. The van der Waals surface area contributed by atoms with Crippen LogP contribution in [0.2, 0.25) is 0 Å². The lowest BCUT2D eigenvalue weighted by molar-refractivity contribution is 0.595. The Balaban J connectivity index is 2.35. The maximum absolute atomic E-state index is 5.93. The van der Waals surface area contributed by atoms with E-state index in [4.69, 9.17) is 5.73 Å². The second-order valence-corrected chi connectivity index (χ2v) is 4.64. The lowest BCUT2D eigenvalue weighted by Crippen LogP contribution is -2.28. The van der Waals surface area contributed by atoms with E-state index in [0.29, 0.717) is 6.04 Å². The molecule has 1 atom stereocenters. The molecule has 0 aromatic carbocycles. The van der Waals surface area contributed by atoms with E-state index in [1.54, 1.807) is 0 Å². The molecular formula is C12H23N3. The minimum atomic E-state index is 0.270. The van der Waals surface area contributed by atoms with Gasteiger partial charge in [0.05, 0.1) is 6.54 Å². The van der Waals surface area contributed by atoms with Crippen molar-refractivity contribution < 1.29 is 0 Å². The fourth-order valence-corrected chi connectivity index (χ4v) is 1.82. The third kappa shape index (κ3) is 5.09. The maximum Gasteiger partial charge on any atom is 0.0517 e. The largest absolute Gasteiger partial charge is 0.327 e. The van der Waals surface area contributed by atoms with Gasteiger partial charge in [0, 0.05) is 30.8 Å². The van der Waals surface area contributed by atoms with E-state index in [0.717, 1.165) is 31.6 Å². The zero-order valence-electron chi connectivity index (χ0n) is 10.1. The average Bonchev–Trinajstić information content (AvgIpc) is 2.10. The molecule has 3 nitrogen and oxygen atoms in total. The molecule has 0 aliphatic heterocycles. The Labute approximate surface area is 92.8 Å². The van der Waals surface area contributed by atoms with E-state index >= 15 is 0 Å². The number of hydrogen-bond acceptors (Lipinski definition) is 3. The van der Waals surface area contributed by atoms with Crippen molar-refractivity contribution in [2.24, 2.45) is 10.7 Å². The summed E-state index contributed by atoms with van der Waals surface area (Å²) in [6.07, 6.45) is 4.13. The fraction of sp³-hybridized carbons (Fsp3) is 0.750. The Bertz CT molecular complexity index is 254. The van der Waals surface area contributed by atoms with Gasteiger partial charge in [0.1, 0.15) is 0 Å². The van der Waals surface area contributed by atoms with Gasteiger partial charge in [0.2, 0.25) is 0 Å². The normalized spacial score (nSPS) is 24.7. The fourth-order valence-electron chi connectivity index (χ4n) is 1.82. The quantitative estimate of drug-likeness (QED) is 0.689. The molecule has 86 valence electrons. The Kier molecular flexibility index (Phi) is 4.99. The Morgan fingerprint density at radius 1 is 1.53 bits per heavy atom. The second-order valence-electron chi connectivity index (χ2n) is 4.64. The van der Waals surface area contributed by atoms with Gasteiger partial charge in [-0.05, 0) is 19.4 Å². The zero-order valence-corrected chi connectivity index (χ0v) is 10.1. The summed E-state index contributed by atoms with van der Waals surface area (Å²) in [5, 5.41) is 3.35. The summed E-state index contributed by atoms with van der Waals surface area (Å²) in [5.74, 6) is 0. The summed E-state index contributed by atoms with van der Waals surface area (Å²) in [6, 6.07) is 0.808. The van der Waals surface area contributed by atoms with Crippen molar-refractivity contribution in [3.8, 4) is 0 Å². The lowest BCUT2D eigenvalue weighted by atomic mass is 9.95. The van der Waals surface area contributed by atoms with Crippen LogP contribution in [0.1, 0.15) is 33.6 Å². The van der Waals surface area contributed by atoms with Crippen molar-refractivity contribution in [3.63, 3.8) is 0 Å². The number of nitrogens with one attached hydrogen (secondary N) is 1. The second kappa shape index (κ2) is 6.03. The zero-order chi connectivity index (χ0) is 11.3. The summed E-state index contributed by atoms with van der Waals surface area (Å²) in [7, 11) is 0. The predicted molar refractivity (Wildman–Crippen MR) is 66.4 cm³/mol. The first kappa shape index (κ1) is 12.4. The molecule has 0 aromatic rings. The summed E-state index contributed by atoms with van der Waals surface area (Å²) in [4.78, 5) is 4.55. The molecule has 0 saturated heterocycles. The Morgan fingerprint density at radius 2 is 2.27 bits per heavy atom. The minimum absolute atomic E-state index is 0.270. The van der Waals surface area contributed by atoms with Crippen molar-refractivity contribution in [3.05, 3.63) is 11.6 Å². The van der Waals surface area contributed by atoms with Crippen LogP contribution in [0.15, 0.2) is 16.6 Å². The number of hydrogen-bond donors (Lipinski definition) is 2. The van der Waals surface area contributed by atoms with Crippen LogP contribution in [0.5, 0.6) is 0 Å². The third-order valence-corrected chi connectivity index (χ3v) is 2.45. The molecule has 15 heavy (non-hydrogen) atoms. The van der Waals surface area contributed by atoms with E-state index in [2.05, 4.69) is 37.2 Å². The van der Waals surface area contributed by atoms with Crippen molar-refractivity contribution in [2.75, 3.05) is 13.1 Å². The van der Waals surface area contributed by atoms with Crippen LogP contribution >= 0.6 is 0 Å². The predicted octanol–water partition coefficient (Wildman–Crippen LogP) is 1.49. The Morgan fingerprint density at radius 3 is 2.87 bits per heavy atom. The Hall–Kier alpha value is -0.670. The molecule has 3 heteroatoms. The molecule has 0 bridgehead atoms. The van der Waals surface area contributed by atoms with Gasteiger partial charge in [-0.1, -0.05) is 19.4 Å². The van der Waals surface area contributed by atoms with Gasteiger partial charge in [-0.3, -0.25) is 4.99 Å². The molecule has 0 amide bonds. The van der Waals surface area contributed by atoms with Gasteiger partial charge in [-0.25, -0.2) is 0 Å². The maximum atomic E-state index is 5.93. The lowest BCUT2D eigenvalue weighted by Gasteiger charge is -2.18. The molecule has 1 rings (SSSR count). The highest BCUT2D eigenvalue weighted by molar-refractivity contribution is 5.96. The van der Waals surface area contributed by atoms with Crippen LogP contribution in [-0.4, -0.2) is 30.9 Å². The van der Waals surface area contributed by atoms with E-state index in [-0.39, 0.29) is 6.04 Å². The van der Waals surface area contributed by atoms with Crippen LogP contribution in [0.3, 0.4) is 0 Å². The van der Waals surface area contributed by atoms with E-state index in [1.807, 2.05) is 0 Å². The number of aliphatic imine (C=N–C) groups is 1. The van der Waals surface area contributed by atoms with E-state index in [1.165, 1.54) is 5.57 Å². The van der Waals surface area contributed by atoms with Crippen molar-refractivity contribution in [2.45, 2.75) is 45.7 Å². The third-order valence-electron chi connectivity index (χ3n) is 2.45. The van der Waals surface area contributed by atoms with E-state index in [9.17, 15) is 0 Å². The standard InChI is InChI=1S/C12H23N3/c1-9(2)14-4-5-15-12-7-10(3)6-11(13)8-12/h7,9,11,14H,4-6,8,13H2,1-3H3. The summed E-state index contributed by atoms with van der Waals surface area (Å²) >= 11 is 0. The molecule has 1 aliphatic rings. The van der Waals surface area contributed by atoms with Gasteiger partial charge < -0.3 is 11.1 Å². The van der Waals surface area contributed by atoms with Crippen LogP contribution in [0.25, 0.3) is 0 Å². The molecule has 1 unspecified atom stereocenters. The molecule has 0 spiro atoms. The van der Waals surface area contributed by atoms with Gasteiger partial charge in [-0.15, -0.1) is 0 Å². The van der Waals surface area contributed by atoms with Crippen molar-refractivity contribution >= 4 is 5.71 Å². The molecule has 0 heterocycles. The molecule has 0 radical (unpaired) electrons. The van der Waals surface area contributed by atoms with Gasteiger partial charge in [0.15, 0.2) is 0 Å². The first-order chi connectivity index (χ1) is 7.08. The summed E-state index contributed by atoms with van der Waals surface area (Å²) in [6.45, 7) is 8.22. The molecule has 0 aromatic heterocycles. The highest BCUT2D eigenvalue weighted by Crippen LogP contribution is 2.14. The van der Waals surface area contributed by atoms with E-state index < -0.39 is 0 Å². The smallest absolute Gasteiger partial charge is 0.0517 e.